The second-order valence-electron chi connectivity index (χ2n) is 5.37. The lowest BCUT2D eigenvalue weighted by molar-refractivity contribution is 0.464. The van der Waals surface area contributed by atoms with Crippen LogP contribution >= 0.6 is 23.2 Å². The first-order valence-corrected chi connectivity index (χ1v) is 9.49. The van der Waals surface area contributed by atoms with Crippen LogP contribution in [-0.4, -0.2) is 26.0 Å². The van der Waals surface area contributed by atoms with Crippen molar-refractivity contribution in [2.75, 3.05) is 11.5 Å². The zero-order chi connectivity index (χ0) is 15.7. The third kappa shape index (κ3) is 3.66. The van der Waals surface area contributed by atoms with Crippen LogP contribution in [0.5, 0.6) is 0 Å². The van der Waals surface area contributed by atoms with Crippen LogP contribution in [0.25, 0.3) is 11.3 Å². The average molecular weight is 360 g/mol. The molecule has 0 saturated carbocycles. The van der Waals surface area contributed by atoms with Crippen LogP contribution in [0.15, 0.2) is 34.7 Å². The van der Waals surface area contributed by atoms with Gasteiger partial charge in [-0.2, -0.15) is 0 Å². The molecule has 1 aromatic carbocycles. The van der Waals surface area contributed by atoms with Gasteiger partial charge < -0.3 is 9.73 Å². The first-order valence-electron chi connectivity index (χ1n) is 6.91. The van der Waals surface area contributed by atoms with Crippen molar-refractivity contribution in [3.8, 4) is 11.3 Å². The Balaban J connectivity index is 1.68. The van der Waals surface area contributed by atoms with Gasteiger partial charge in [0.25, 0.3) is 0 Å². The Labute approximate surface area is 139 Å². The van der Waals surface area contributed by atoms with Gasteiger partial charge >= 0.3 is 0 Å². The van der Waals surface area contributed by atoms with Gasteiger partial charge in [0, 0.05) is 16.6 Å². The molecule has 3 rings (SSSR count). The molecule has 1 atom stereocenters. The number of furan rings is 1. The Morgan fingerprint density at radius 1 is 1.23 bits per heavy atom. The second-order valence-corrected chi connectivity index (χ2v) is 8.44. The van der Waals surface area contributed by atoms with E-state index < -0.39 is 9.84 Å². The SMILES string of the molecule is O=S1(=O)CCC(NCc2ccc(-c3cc(Cl)ccc3Cl)o2)C1. The third-order valence-electron chi connectivity index (χ3n) is 3.65. The van der Waals surface area contributed by atoms with Gasteiger partial charge in [-0.15, -0.1) is 0 Å². The minimum absolute atomic E-state index is 0.00620. The van der Waals surface area contributed by atoms with Crippen molar-refractivity contribution in [1.82, 2.24) is 5.32 Å². The summed E-state index contributed by atoms with van der Waals surface area (Å²) in [6, 6.07) is 8.88. The largest absolute Gasteiger partial charge is 0.460 e. The predicted molar refractivity (Wildman–Crippen MR) is 88.1 cm³/mol. The Bertz CT molecular complexity index is 786. The zero-order valence-corrected chi connectivity index (χ0v) is 14.0. The number of benzene rings is 1. The molecular formula is C15H15Cl2NO3S. The Morgan fingerprint density at radius 2 is 2.05 bits per heavy atom. The van der Waals surface area contributed by atoms with Crippen molar-refractivity contribution in [2.24, 2.45) is 0 Å². The number of nitrogens with one attached hydrogen (secondary N) is 1. The van der Waals surface area contributed by atoms with Gasteiger partial charge in [0.05, 0.1) is 23.1 Å². The molecule has 118 valence electrons. The van der Waals surface area contributed by atoms with Crippen molar-refractivity contribution < 1.29 is 12.8 Å². The standard InChI is InChI=1S/C15H15Cl2NO3S/c16-10-1-3-14(17)13(7-10)15-4-2-12(21-15)8-18-11-5-6-22(19,20)9-11/h1-4,7,11,18H,5-6,8-9H2. The molecule has 2 aromatic rings. The van der Waals surface area contributed by atoms with E-state index >= 15 is 0 Å². The highest BCUT2D eigenvalue weighted by atomic mass is 35.5. The Hall–Kier alpha value is -1.01. The number of hydrogen-bond acceptors (Lipinski definition) is 4. The van der Waals surface area contributed by atoms with Crippen LogP contribution in [0, 0.1) is 0 Å². The summed E-state index contributed by atoms with van der Waals surface area (Å²) >= 11 is 12.1. The van der Waals surface area contributed by atoms with E-state index in [9.17, 15) is 8.42 Å². The monoisotopic (exact) mass is 359 g/mol. The van der Waals surface area contributed by atoms with E-state index in [1.54, 1.807) is 18.2 Å². The van der Waals surface area contributed by atoms with Crippen LogP contribution in [0.1, 0.15) is 12.2 Å². The molecule has 1 fully saturated rings. The molecule has 0 bridgehead atoms. The van der Waals surface area contributed by atoms with E-state index in [0.717, 1.165) is 11.3 Å². The molecular weight excluding hydrogens is 345 g/mol. The predicted octanol–water partition coefficient (Wildman–Crippen LogP) is 3.53. The molecule has 1 aliphatic rings. The molecule has 0 amide bonds. The van der Waals surface area contributed by atoms with Gasteiger partial charge in [-0.25, -0.2) is 8.42 Å². The maximum Gasteiger partial charge on any atom is 0.151 e. The van der Waals surface area contributed by atoms with Crippen molar-refractivity contribution in [2.45, 2.75) is 19.0 Å². The van der Waals surface area contributed by atoms with E-state index in [1.807, 2.05) is 12.1 Å². The average Bonchev–Trinajstić information content (AvgIpc) is 3.05. The van der Waals surface area contributed by atoms with Crippen molar-refractivity contribution in [3.63, 3.8) is 0 Å². The molecule has 22 heavy (non-hydrogen) atoms. The quantitative estimate of drug-likeness (QED) is 0.906. The van der Waals surface area contributed by atoms with Crippen molar-refractivity contribution >= 4 is 33.0 Å². The van der Waals surface area contributed by atoms with Gasteiger partial charge in [-0.1, -0.05) is 23.2 Å². The fourth-order valence-electron chi connectivity index (χ4n) is 2.50. The fourth-order valence-corrected chi connectivity index (χ4v) is 4.60. The normalized spacial score (nSPS) is 20.4. The number of rotatable bonds is 4. The van der Waals surface area contributed by atoms with Gasteiger partial charge in [0.2, 0.25) is 0 Å². The maximum absolute atomic E-state index is 11.4. The van der Waals surface area contributed by atoms with Crippen LogP contribution < -0.4 is 5.32 Å². The molecule has 1 aromatic heterocycles. The highest BCUT2D eigenvalue weighted by Crippen LogP contribution is 2.31. The molecule has 1 unspecified atom stereocenters. The van der Waals surface area contributed by atoms with Gasteiger partial charge in [0.15, 0.2) is 9.84 Å². The minimum atomic E-state index is -2.87. The number of halogens is 2. The summed E-state index contributed by atoms with van der Waals surface area (Å²) < 4.78 is 28.6. The maximum atomic E-state index is 11.4. The summed E-state index contributed by atoms with van der Waals surface area (Å²) in [7, 11) is -2.87. The first kappa shape index (κ1) is 15.9. The minimum Gasteiger partial charge on any atom is -0.460 e. The first-order chi connectivity index (χ1) is 10.4. The van der Waals surface area contributed by atoms with Crippen LogP contribution in [0.4, 0.5) is 0 Å². The van der Waals surface area contributed by atoms with E-state index in [2.05, 4.69) is 5.32 Å². The number of hydrogen-bond donors (Lipinski definition) is 1. The lowest BCUT2D eigenvalue weighted by atomic mass is 10.2. The molecule has 1 saturated heterocycles. The Kier molecular flexibility index (Phi) is 4.50. The highest BCUT2D eigenvalue weighted by molar-refractivity contribution is 7.91. The summed E-state index contributed by atoms with van der Waals surface area (Å²) in [6.07, 6.45) is 0.649. The summed E-state index contributed by atoms with van der Waals surface area (Å²) in [5, 5.41) is 4.37. The Morgan fingerprint density at radius 3 is 2.77 bits per heavy atom. The second kappa shape index (κ2) is 6.24. The van der Waals surface area contributed by atoms with Crippen LogP contribution in [0.3, 0.4) is 0 Å². The van der Waals surface area contributed by atoms with E-state index in [-0.39, 0.29) is 17.5 Å². The molecule has 1 N–H and O–H groups in total. The molecule has 0 radical (unpaired) electrons. The molecule has 0 spiro atoms. The summed E-state index contributed by atoms with van der Waals surface area (Å²) in [5.74, 6) is 1.83. The van der Waals surface area contributed by atoms with E-state index in [1.165, 1.54) is 0 Å². The third-order valence-corrected chi connectivity index (χ3v) is 5.99. The molecule has 1 aliphatic heterocycles. The summed E-state index contributed by atoms with van der Waals surface area (Å²) in [5.41, 5.74) is 0.740. The molecule has 0 aliphatic carbocycles. The zero-order valence-electron chi connectivity index (χ0n) is 11.7. The van der Waals surface area contributed by atoms with E-state index in [4.69, 9.17) is 27.6 Å². The van der Waals surface area contributed by atoms with Crippen LogP contribution in [0.2, 0.25) is 10.0 Å². The lowest BCUT2D eigenvalue weighted by Crippen LogP contribution is -2.29. The van der Waals surface area contributed by atoms with Crippen molar-refractivity contribution in [1.29, 1.82) is 0 Å². The highest BCUT2D eigenvalue weighted by Gasteiger charge is 2.27. The van der Waals surface area contributed by atoms with Crippen molar-refractivity contribution in [3.05, 3.63) is 46.1 Å². The van der Waals surface area contributed by atoms with Gasteiger partial charge in [0.1, 0.15) is 11.5 Å². The summed E-state index contributed by atoms with van der Waals surface area (Å²) in [4.78, 5) is 0. The molecule has 7 heteroatoms. The smallest absolute Gasteiger partial charge is 0.151 e. The topological polar surface area (TPSA) is 59.3 Å². The summed E-state index contributed by atoms with van der Waals surface area (Å²) in [6.45, 7) is 0.484. The van der Waals surface area contributed by atoms with E-state index in [0.29, 0.717) is 28.8 Å². The molecule has 2 heterocycles. The fraction of sp³-hybridized carbons (Fsp3) is 0.333. The lowest BCUT2D eigenvalue weighted by Gasteiger charge is -2.08. The van der Waals surface area contributed by atoms with Gasteiger partial charge in [-0.3, -0.25) is 0 Å². The molecule has 4 nitrogen and oxygen atoms in total. The van der Waals surface area contributed by atoms with Gasteiger partial charge in [-0.05, 0) is 36.8 Å². The van der Waals surface area contributed by atoms with Crippen LogP contribution in [-0.2, 0) is 16.4 Å². The number of sulfone groups is 1.